The standard InChI is InChI=1S/C10H22N2O2/c1-8(2)4-5-10(13)12-9(6-11)7-14-3/h8-9H,4-7,11H2,1-3H3,(H,12,13). The smallest absolute Gasteiger partial charge is 0.220 e. The summed E-state index contributed by atoms with van der Waals surface area (Å²) in [5.41, 5.74) is 5.47. The molecule has 3 N–H and O–H groups in total. The van der Waals surface area contributed by atoms with E-state index in [1.54, 1.807) is 7.11 Å². The fourth-order valence-electron chi connectivity index (χ4n) is 1.09. The average Bonchev–Trinajstić information content (AvgIpc) is 2.14. The summed E-state index contributed by atoms with van der Waals surface area (Å²) in [7, 11) is 1.60. The SMILES string of the molecule is COCC(CN)NC(=O)CCC(C)C. The molecule has 0 aliphatic carbocycles. The minimum Gasteiger partial charge on any atom is -0.383 e. The molecule has 0 bridgehead atoms. The Morgan fingerprint density at radius 1 is 1.50 bits per heavy atom. The molecule has 84 valence electrons. The summed E-state index contributed by atoms with van der Waals surface area (Å²) in [5, 5.41) is 2.83. The van der Waals surface area contributed by atoms with Crippen LogP contribution in [-0.4, -0.2) is 32.2 Å². The van der Waals surface area contributed by atoms with Gasteiger partial charge in [0.1, 0.15) is 0 Å². The fraction of sp³-hybridized carbons (Fsp3) is 0.900. The first-order valence-corrected chi connectivity index (χ1v) is 5.08. The van der Waals surface area contributed by atoms with Crippen molar-refractivity contribution in [1.29, 1.82) is 0 Å². The monoisotopic (exact) mass is 202 g/mol. The lowest BCUT2D eigenvalue weighted by molar-refractivity contribution is -0.122. The number of nitrogens with one attached hydrogen (secondary N) is 1. The second kappa shape index (κ2) is 7.76. The van der Waals surface area contributed by atoms with Crippen molar-refractivity contribution in [3.63, 3.8) is 0 Å². The third-order valence-electron chi connectivity index (χ3n) is 1.97. The number of rotatable bonds is 7. The number of methoxy groups -OCH3 is 1. The van der Waals surface area contributed by atoms with E-state index < -0.39 is 0 Å². The van der Waals surface area contributed by atoms with Crippen LogP contribution < -0.4 is 11.1 Å². The van der Waals surface area contributed by atoms with Crippen molar-refractivity contribution in [2.45, 2.75) is 32.7 Å². The van der Waals surface area contributed by atoms with E-state index in [9.17, 15) is 4.79 Å². The molecular weight excluding hydrogens is 180 g/mol. The molecule has 0 saturated heterocycles. The molecule has 0 radical (unpaired) electrons. The molecule has 0 aliphatic rings. The molecule has 0 saturated carbocycles. The molecule has 4 nitrogen and oxygen atoms in total. The number of hydrogen-bond donors (Lipinski definition) is 2. The highest BCUT2D eigenvalue weighted by atomic mass is 16.5. The number of amides is 1. The first-order chi connectivity index (χ1) is 6.60. The van der Waals surface area contributed by atoms with Gasteiger partial charge in [0, 0.05) is 20.1 Å². The molecule has 4 heteroatoms. The van der Waals surface area contributed by atoms with Crippen LogP contribution >= 0.6 is 0 Å². The second-order valence-electron chi connectivity index (χ2n) is 3.89. The van der Waals surface area contributed by atoms with E-state index in [0.717, 1.165) is 6.42 Å². The molecular formula is C10H22N2O2. The van der Waals surface area contributed by atoms with Crippen LogP contribution in [0.3, 0.4) is 0 Å². The van der Waals surface area contributed by atoms with Gasteiger partial charge < -0.3 is 15.8 Å². The van der Waals surface area contributed by atoms with Crippen LogP contribution in [0.1, 0.15) is 26.7 Å². The molecule has 0 spiro atoms. The van der Waals surface area contributed by atoms with Gasteiger partial charge >= 0.3 is 0 Å². The molecule has 1 amide bonds. The van der Waals surface area contributed by atoms with Crippen LogP contribution in [0.25, 0.3) is 0 Å². The summed E-state index contributed by atoms with van der Waals surface area (Å²) in [6, 6.07) is -0.0559. The van der Waals surface area contributed by atoms with E-state index in [0.29, 0.717) is 25.5 Å². The van der Waals surface area contributed by atoms with Gasteiger partial charge in [-0.25, -0.2) is 0 Å². The zero-order valence-corrected chi connectivity index (χ0v) is 9.38. The third kappa shape index (κ3) is 6.86. The van der Waals surface area contributed by atoms with Crippen LogP contribution in [0, 0.1) is 5.92 Å². The summed E-state index contributed by atoms with van der Waals surface area (Å²) in [5.74, 6) is 0.616. The Kier molecular flexibility index (Phi) is 7.42. The molecule has 1 atom stereocenters. The average molecular weight is 202 g/mol. The first kappa shape index (κ1) is 13.4. The van der Waals surface area contributed by atoms with Crippen LogP contribution in [0.15, 0.2) is 0 Å². The molecule has 0 aromatic carbocycles. The largest absolute Gasteiger partial charge is 0.383 e. The van der Waals surface area contributed by atoms with E-state index >= 15 is 0 Å². The van der Waals surface area contributed by atoms with Gasteiger partial charge in [0.2, 0.25) is 5.91 Å². The van der Waals surface area contributed by atoms with E-state index in [1.165, 1.54) is 0 Å². The Morgan fingerprint density at radius 2 is 2.14 bits per heavy atom. The van der Waals surface area contributed by atoms with Crippen molar-refractivity contribution < 1.29 is 9.53 Å². The minimum absolute atomic E-state index is 0.0559. The normalized spacial score (nSPS) is 12.9. The van der Waals surface area contributed by atoms with Crippen LogP contribution in [0.2, 0.25) is 0 Å². The van der Waals surface area contributed by atoms with Crippen molar-refractivity contribution in [2.75, 3.05) is 20.3 Å². The van der Waals surface area contributed by atoms with E-state index in [4.69, 9.17) is 10.5 Å². The van der Waals surface area contributed by atoms with Crippen molar-refractivity contribution >= 4 is 5.91 Å². The van der Waals surface area contributed by atoms with E-state index in [2.05, 4.69) is 19.2 Å². The lowest BCUT2D eigenvalue weighted by Gasteiger charge is -2.15. The quantitative estimate of drug-likeness (QED) is 0.632. The number of carbonyl (C=O) groups excluding carboxylic acids is 1. The molecule has 0 heterocycles. The van der Waals surface area contributed by atoms with Gasteiger partial charge in [0.25, 0.3) is 0 Å². The number of carbonyl (C=O) groups is 1. The summed E-state index contributed by atoms with van der Waals surface area (Å²) in [6.45, 7) is 5.09. The van der Waals surface area contributed by atoms with Gasteiger partial charge in [-0.3, -0.25) is 4.79 Å². The molecule has 1 unspecified atom stereocenters. The second-order valence-corrected chi connectivity index (χ2v) is 3.89. The Balaban J connectivity index is 3.67. The van der Waals surface area contributed by atoms with Crippen LogP contribution in [-0.2, 0) is 9.53 Å². The summed E-state index contributed by atoms with van der Waals surface area (Å²) in [4.78, 5) is 11.4. The number of ether oxygens (including phenoxy) is 1. The maximum absolute atomic E-state index is 11.4. The van der Waals surface area contributed by atoms with E-state index in [1.807, 2.05) is 0 Å². The van der Waals surface area contributed by atoms with Crippen molar-refractivity contribution in [3.8, 4) is 0 Å². The Morgan fingerprint density at radius 3 is 2.57 bits per heavy atom. The molecule has 0 aromatic heterocycles. The summed E-state index contributed by atoms with van der Waals surface area (Å²) < 4.78 is 4.93. The Hall–Kier alpha value is -0.610. The van der Waals surface area contributed by atoms with Gasteiger partial charge in [0.05, 0.1) is 12.6 Å². The highest BCUT2D eigenvalue weighted by Gasteiger charge is 2.10. The molecule has 14 heavy (non-hydrogen) atoms. The predicted molar refractivity (Wildman–Crippen MR) is 56.9 cm³/mol. The predicted octanol–water partition coefficient (Wildman–Crippen LogP) is 0.513. The maximum atomic E-state index is 11.4. The Bertz CT molecular complexity index is 160. The van der Waals surface area contributed by atoms with Crippen LogP contribution in [0.4, 0.5) is 0 Å². The topological polar surface area (TPSA) is 64.3 Å². The summed E-state index contributed by atoms with van der Waals surface area (Å²) >= 11 is 0. The lowest BCUT2D eigenvalue weighted by Crippen LogP contribution is -2.43. The minimum atomic E-state index is -0.0559. The third-order valence-corrected chi connectivity index (χ3v) is 1.97. The lowest BCUT2D eigenvalue weighted by atomic mass is 10.1. The van der Waals surface area contributed by atoms with Crippen molar-refractivity contribution in [3.05, 3.63) is 0 Å². The van der Waals surface area contributed by atoms with Gasteiger partial charge in [-0.2, -0.15) is 0 Å². The number of nitrogens with two attached hydrogens (primary N) is 1. The number of hydrogen-bond acceptors (Lipinski definition) is 3. The highest BCUT2D eigenvalue weighted by Crippen LogP contribution is 2.02. The Labute approximate surface area is 86.2 Å². The highest BCUT2D eigenvalue weighted by molar-refractivity contribution is 5.76. The molecule has 0 aromatic rings. The van der Waals surface area contributed by atoms with E-state index in [-0.39, 0.29) is 11.9 Å². The molecule has 0 aliphatic heterocycles. The zero-order chi connectivity index (χ0) is 11.0. The summed E-state index contributed by atoms with van der Waals surface area (Å²) in [6.07, 6.45) is 1.48. The van der Waals surface area contributed by atoms with Gasteiger partial charge in [-0.1, -0.05) is 13.8 Å². The van der Waals surface area contributed by atoms with Crippen molar-refractivity contribution in [2.24, 2.45) is 11.7 Å². The fourth-order valence-corrected chi connectivity index (χ4v) is 1.09. The molecule has 0 rings (SSSR count). The van der Waals surface area contributed by atoms with Crippen LogP contribution in [0.5, 0.6) is 0 Å². The zero-order valence-electron chi connectivity index (χ0n) is 9.38. The maximum Gasteiger partial charge on any atom is 0.220 e. The van der Waals surface area contributed by atoms with Gasteiger partial charge in [-0.05, 0) is 12.3 Å². The van der Waals surface area contributed by atoms with Gasteiger partial charge in [0.15, 0.2) is 0 Å². The molecule has 0 fully saturated rings. The van der Waals surface area contributed by atoms with Crippen molar-refractivity contribution in [1.82, 2.24) is 5.32 Å². The van der Waals surface area contributed by atoms with Gasteiger partial charge in [-0.15, -0.1) is 0 Å². The first-order valence-electron chi connectivity index (χ1n) is 5.08.